The highest BCUT2D eigenvalue weighted by Gasteiger charge is 2.01. The maximum atomic E-state index is 13.0. The zero-order chi connectivity index (χ0) is 13.0. The third kappa shape index (κ3) is 2.97. The number of rotatable bonds is 4. The van der Waals surface area contributed by atoms with Gasteiger partial charge in [0, 0.05) is 18.3 Å². The quantitative estimate of drug-likeness (QED) is 0.830. The first kappa shape index (κ1) is 12.4. The van der Waals surface area contributed by atoms with Crippen molar-refractivity contribution in [3.63, 3.8) is 0 Å². The summed E-state index contributed by atoms with van der Waals surface area (Å²) >= 11 is 0. The fourth-order valence-corrected chi connectivity index (χ4v) is 1.63. The van der Waals surface area contributed by atoms with Crippen LogP contribution in [-0.4, -0.2) is 11.2 Å². The Balaban J connectivity index is 1.99. The fourth-order valence-electron chi connectivity index (χ4n) is 1.63. The van der Waals surface area contributed by atoms with Crippen molar-refractivity contribution in [1.29, 1.82) is 0 Å². The third-order valence-corrected chi connectivity index (χ3v) is 2.64. The number of benzene rings is 1. The van der Waals surface area contributed by atoms with Gasteiger partial charge in [-0.3, -0.25) is 4.79 Å². The zero-order valence-electron chi connectivity index (χ0n) is 10.1. The van der Waals surface area contributed by atoms with E-state index in [0.29, 0.717) is 18.9 Å². The summed E-state index contributed by atoms with van der Waals surface area (Å²) in [4.78, 5) is 11.4. The summed E-state index contributed by atoms with van der Waals surface area (Å²) in [5.74, 6) is 0.187. The number of aromatic nitrogens is 1. The molecule has 0 amide bonds. The molecule has 0 aliphatic carbocycles. The Morgan fingerprint density at radius 2 is 2.11 bits per heavy atom. The summed E-state index contributed by atoms with van der Waals surface area (Å²) in [5.41, 5.74) is 0.800. The van der Waals surface area contributed by atoms with E-state index in [1.807, 2.05) is 6.92 Å². The molecule has 0 aliphatic heterocycles. The Kier molecular flexibility index (Phi) is 3.77. The first-order valence-electron chi connectivity index (χ1n) is 5.71. The summed E-state index contributed by atoms with van der Waals surface area (Å²) in [6, 6.07) is 9.38. The van der Waals surface area contributed by atoms with Crippen molar-refractivity contribution in [1.82, 2.24) is 4.57 Å². The number of halogens is 1. The summed E-state index contributed by atoms with van der Waals surface area (Å²) < 4.78 is 20.1. The van der Waals surface area contributed by atoms with Gasteiger partial charge < -0.3 is 9.30 Å². The van der Waals surface area contributed by atoms with Crippen LogP contribution in [0.2, 0.25) is 0 Å². The molecule has 1 aromatic carbocycles. The fraction of sp³-hybridized carbons (Fsp3) is 0.214. The first-order valence-corrected chi connectivity index (χ1v) is 5.71. The minimum atomic E-state index is -0.326. The number of hydrogen-bond acceptors (Lipinski definition) is 2. The summed E-state index contributed by atoms with van der Waals surface area (Å²) in [6.07, 6.45) is 1.70. The van der Waals surface area contributed by atoms with E-state index in [1.165, 1.54) is 18.2 Å². The van der Waals surface area contributed by atoms with E-state index in [0.717, 1.165) is 5.56 Å². The molecule has 1 aromatic heterocycles. The van der Waals surface area contributed by atoms with Crippen LogP contribution in [0.15, 0.2) is 47.4 Å². The van der Waals surface area contributed by atoms with Gasteiger partial charge in [0.25, 0.3) is 5.56 Å². The number of nitrogens with zero attached hydrogens (tertiary/aromatic N) is 1. The average molecular weight is 247 g/mol. The van der Waals surface area contributed by atoms with Crippen LogP contribution in [0, 0.1) is 12.7 Å². The molecule has 4 heteroatoms. The van der Waals surface area contributed by atoms with Crippen molar-refractivity contribution >= 4 is 0 Å². The van der Waals surface area contributed by atoms with Gasteiger partial charge in [-0.1, -0.05) is 12.1 Å². The van der Waals surface area contributed by atoms with Crippen molar-refractivity contribution in [2.75, 3.05) is 6.61 Å². The highest BCUT2D eigenvalue weighted by atomic mass is 19.1. The predicted octanol–water partition coefficient (Wildman–Crippen LogP) is 2.37. The SMILES string of the molecule is Cc1ccc(F)cc1OCCn1ccccc1=O. The Morgan fingerprint density at radius 1 is 1.28 bits per heavy atom. The van der Waals surface area contributed by atoms with Crippen molar-refractivity contribution in [2.24, 2.45) is 0 Å². The van der Waals surface area contributed by atoms with Gasteiger partial charge in [-0.05, 0) is 24.6 Å². The molecule has 0 aliphatic rings. The molecule has 0 spiro atoms. The lowest BCUT2D eigenvalue weighted by Crippen LogP contribution is -2.21. The molecule has 2 aromatic rings. The molecule has 0 saturated heterocycles. The molecular weight excluding hydrogens is 233 g/mol. The Labute approximate surface area is 104 Å². The van der Waals surface area contributed by atoms with Gasteiger partial charge in [0.05, 0.1) is 6.54 Å². The van der Waals surface area contributed by atoms with Crippen LogP contribution in [0.4, 0.5) is 4.39 Å². The van der Waals surface area contributed by atoms with E-state index in [1.54, 1.807) is 29.0 Å². The Bertz CT molecular complexity index is 592. The summed E-state index contributed by atoms with van der Waals surface area (Å²) in [6.45, 7) is 2.62. The second-order valence-corrected chi connectivity index (χ2v) is 3.99. The monoisotopic (exact) mass is 247 g/mol. The van der Waals surface area contributed by atoms with Crippen molar-refractivity contribution in [3.8, 4) is 5.75 Å². The van der Waals surface area contributed by atoms with E-state index in [4.69, 9.17) is 4.74 Å². The van der Waals surface area contributed by atoms with Crippen molar-refractivity contribution in [3.05, 3.63) is 64.3 Å². The first-order chi connectivity index (χ1) is 8.66. The molecule has 0 atom stereocenters. The van der Waals surface area contributed by atoms with Gasteiger partial charge in [-0.25, -0.2) is 4.39 Å². The molecule has 0 radical (unpaired) electrons. The van der Waals surface area contributed by atoms with Gasteiger partial charge in [-0.15, -0.1) is 0 Å². The standard InChI is InChI=1S/C14H14FNO2/c1-11-5-6-12(15)10-13(11)18-9-8-16-7-3-2-4-14(16)17/h2-7,10H,8-9H2,1H3. The Morgan fingerprint density at radius 3 is 2.89 bits per heavy atom. The lowest BCUT2D eigenvalue weighted by Gasteiger charge is -2.10. The molecule has 1 heterocycles. The van der Waals surface area contributed by atoms with E-state index in [2.05, 4.69) is 0 Å². The molecule has 0 N–H and O–H groups in total. The minimum Gasteiger partial charge on any atom is -0.491 e. The minimum absolute atomic E-state index is 0.0722. The average Bonchev–Trinajstić information content (AvgIpc) is 2.36. The summed E-state index contributed by atoms with van der Waals surface area (Å²) in [5, 5.41) is 0. The maximum absolute atomic E-state index is 13.0. The molecule has 0 bridgehead atoms. The molecule has 0 saturated carbocycles. The largest absolute Gasteiger partial charge is 0.491 e. The van der Waals surface area contributed by atoms with Gasteiger partial charge in [0.15, 0.2) is 0 Å². The van der Waals surface area contributed by atoms with Crippen LogP contribution in [-0.2, 0) is 6.54 Å². The second-order valence-electron chi connectivity index (χ2n) is 3.99. The zero-order valence-corrected chi connectivity index (χ0v) is 10.1. The Hall–Kier alpha value is -2.10. The van der Waals surface area contributed by atoms with Gasteiger partial charge in [-0.2, -0.15) is 0 Å². The van der Waals surface area contributed by atoms with E-state index >= 15 is 0 Å². The molecule has 0 unspecified atom stereocenters. The smallest absolute Gasteiger partial charge is 0.250 e. The van der Waals surface area contributed by atoms with Crippen molar-refractivity contribution < 1.29 is 9.13 Å². The van der Waals surface area contributed by atoms with Gasteiger partial charge in [0.2, 0.25) is 0 Å². The van der Waals surface area contributed by atoms with E-state index in [-0.39, 0.29) is 11.4 Å². The van der Waals surface area contributed by atoms with Crippen LogP contribution in [0.1, 0.15) is 5.56 Å². The molecule has 94 valence electrons. The number of aryl methyl sites for hydroxylation is 1. The highest BCUT2D eigenvalue weighted by Crippen LogP contribution is 2.18. The third-order valence-electron chi connectivity index (χ3n) is 2.64. The van der Waals surface area contributed by atoms with Gasteiger partial charge >= 0.3 is 0 Å². The number of pyridine rings is 1. The molecule has 0 fully saturated rings. The molecule has 2 rings (SSSR count). The lowest BCUT2D eigenvalue weighted by atomic mass is 10.2. The van der Waals surface area contributed by atoms with Crippen LogP contribution in [0.5, 0.6) is 5.75 Å². The van der Waals surface area contributed by atoms with Crippen LogP contribution in [0.3, 0.4) is 0 Å². The van der Waals surface area contributed by atoms with Crippen LogP contribution in [0.25, 0.3) is 0 Å². The van der Waals surface area contributed by atoms with E-state index < -0.39 is 0 Å². The van der Waals surface area contributed by atoms with Crippen LogP contribution < -0.4 is 10.3 Å². The predicted molar refractivity (Wildman–Crippen MR) is 67.3 cm³/mol. The highest BCUT2D eigenvalue weighted by molar-refractivity contribution is 5.32. The normalized spacial score (nSPS) is 10.3. The second kappa shape index (κ2) is 5.49. The topological polar surface area (TPSA) is 31.2 Å². The van der Waals surface area contributed by atoms with E-state index in [9.17, 15) is 9.18 Å². The molecule has 3 nitrogen and oxygen atoms in total. The maximum Gasteiger partial charge on any atom is 0.250 e. The molecular formula is C14H14FNO2. The lowest BCUT2D eigenvalue weighted by molar-refractivity contribution is 0.293. The van der Waals surface area contributed by atoms with Crippen molar-refractivity contribution in [2.45, 2.75) is 13.5 Å². The molecule has 18 heavy (non-hydrogen) atoms. The number of ether oxygens (including phenoxy) is 1. The number of hydrogen-bond donors (Lipinski definition) is 0. The summed E-state index contributed by atoms with van der Waals surface area (Å²) in [7, 11) is 0. The van der Waals surface area contributed by atoms with Gasteiger partial charge in [0.1, 0.15) is 18.2 Å². The van der Waals surface area contributed by atoms with Crippen LogP contribution >= 0.6 is 0 Å².